The minimum Gasteiger partial charge on any atom is -0.497 e. The van der Waals surface area contributed by atoms with Gasteiger partial charge in [-0.15, -0.1) is 22.7 Å². The van der Waals surface area contributed by atoms with Gasteiger partial charge in [0.15, 0.2) is 0 Å². The third-order valence-corrected chi connectivity index (χ3v) is 5.63. The number of aryl methyl sites for hydroxylation is 1. The Morgan fingerprint density at radius 1 is 1.09 bits per heavy atom. The number of thiazole rings is 1. The summed E-state index contributed by atoms with van der Waals surface area (Å²) in [4.78, 5) is 17.9. The van der Waals surface area contributed by atoms with Crippen LogP contribution in [0.2, 0.25) is 0 Å². The summed E-state index contributed by atoms with van der Waals surface area (Å²) >= 11 is 2.82. The molecular weight excluding hydrogens is 318 g/mol. The molecule has 2 aromatic heterocycles. The lowest BCUT2D eigenvalue weighted by Gasteiger charge is -2.00. The summed E-state index contributed by atoms with van der Waals surface area (Å²) in [5.74, 6) is -0.102. The smallest absolute Gasteiger partial charge is 0.347 e. The molecular formula is C16H13NO3S2. The molecule has 22 heavy (non-hydrogen) atoms. The molecule has 112 valence electrons. The van der Waals surface area contributed by atoms with Gasteiger partial charge in [-0.25, -0.2) is 9.78 Å². The van der Waals surface area contributed by atoms with Crippen LogP contribution < -0.4 is 4.74 Å². The van der Waals surface area contributed by atoms with Gasteiger partial charge in [-0.1, -0.05) is 0 Å². The van der Waals surface area contributed by atoms with Crippen molar-refractivity contribution < 1.29 is 14.6 Å². The highest BCUT2D eigenvalue weighted by molar-refractivity contribution is 7.24. The third kappa shape index (κ3) is 2.75. The monoisotopic (exact) mass is 331 g/mol. The Kier molecular flexibility index (Phi) is 3.96. The molecule has 0 aliphatic heterocycles. The molecule has 0 unspecified atom stereocenters. The first-order chi connectivity index (χ1) is 10.6. The van der Waals surface area contributed by atoms with Gasteiger partial charge in [-0.3, -0.25) is 0 Å². The summed E-state index contributed by atoms with van der Waals surface area (Å²) in [6.07, 6.45) is 0. The molecule has 1 N–H and O–H groups in total. The van der Waals surface area contributed by atoms with E-state index in [1.165, 1.54) is 11.3 Å². The molecule has 4 nitrogen and oxygen atoms in total. The second-order valence-corrected chi connectivity index (χ2v) is 6.71. The Balaban J connectivity index is 1.93. The summed E-state index contributed by atoms with van der Waals surface area (Å²) < 4.78 is 5.16. The van der Waals surface area contributed by atoms with Gasteiger partial charge < -0.3 is 9.84 Å². The number of ether oxygens (including phenoxy) is 1. The predicted octanol–water partition coefficient (Wildman–Crippen LogP) is 4.55. The van der Waals surface area contributed by atoms with Gasteiger partial charge in [0.25, 0.3) is 0 Å². The maximum Gasteiger partial charge on any atom is 0.347 e. The molecule has 0 atom stereocenters. The van der Waals surface area contributed by atoms with Crippen molar-refractivity contribution in [3.63, 3.8) is 0 Å². The van der Waals surface area contributed by atoms with Gasteiger partial charge >= 0.3 is 5.97 Å². The normalized spacial score (nSPS) is 10.6. The fourth-order valence-corrected chi connectivity index (χ4v) is 4.03. The molecule has 0 fully saturated rings. The first-order valence-electron chi connectivity index (χ1n) is 6.54. The minimum atomic E-state index is -0.923. The summed E-state index contributed by atoms with van der Waals surface area (Å²) in [7, 11) is 1.64. The van der Waals surface area contributed by atoms with E-state index in [0.717, 1.165) is 26.1 Å². The van der Waals surface area contributed by atoms with Gasteiger partial charge in [-0.05, 0) is 48.9 Å². The van der Waals surface area contributed by atoms with E-state index in [9.17, 15) is 4.79 Å². The molecule has 0 saturated heterocycles. The number of benzene rings is 1. The van der Waals surface area contributed by atoms with Gasteiger partial charge in [-0.2, -0.15) is 0 Å². The number of hydrogen-bond acceptors (Lipinski definition) is 5. The highest BCUT2D eigenvalue weighted by atomic mass is 32.1. The summed E-state index contributed by atoms with van der Waals surface area (Å²) in [6, 6.07) is 11.9. The molecule has 0 bridgehead atoms. The van der Waals surface area contributed by atoms with Crippen molar-refractivity contribution in [1.82, 2.24) is 4.98 Å². The van der Waals surface area contributed by atoms with Gasteiger partial charge in [0.05, 0.1) is 17.7 Å². The molecule has 0 saturated carbocycles. The van der Waals surface area contributed by atoms with E-state index >= 15 is 0 Å². The van der Waals surface area contributed by atoms with E-state index in [2.05, 4.69) is 4.98 Å². The molecule has 0 amide bonds. The van der Waals surface area contributed by atoms with Crippen molar-refractivity contribution >= 4 is 28.6 Å². The van der Waals surface area contributed by atoms with Crippen LogP contribution in [0.1, 0.15) is 15.4 Å². The van der Waals surface area contributed by atoms with E-state index in [4.69, 9.17) is 9.84 Å². The van der Waals surface area contributed by atoms with Crippen LogP contribution in [0.3, 0.4) is 0 Å². The average Bonchev–Trinajstić information content (AvgIpc) is 3.14. The van der Waals surface area contributed by atoms with Crippen LogP contribution in [0.4, 0.5) is 0 Å². The Labute approximate surface area is 135 Å². The molecule has 1 aromatic carbocycles. The maximum absolute atomic E-state index is 11.1. The van der Waals surface area contributed by atoms with Gasteiger partial charge in [0.2, 0.25) is 0 Å². The third-order valence-electron chi connectivity index (χ3n) is 3.18. The summed E-state index contributed by atoms with van der Waals surface area (Å²) in [5.41, 5.74) is 1.66. The van der Waals surface area contributed by atoms with Crippen LogP contribution >= 0.6 is 22.7 Å². The first kappa shape index (κ1) is 14.7. The lowest BCUT2D eigenvalue weighted by Crippen LogP contribution is -1.94. The quantitative estimate of drug-likeness (QED) is 0.761. The predicted molar refractivity (Wildman–Crippen MR) is 89.1 cm³/mol. The van der Waals surface area contributed by atoms with Crippen LogP contribution in [-0.2, 0) is 0 Å². The Morgan fingerprint density at radius 2 is 1.77 bits per heavy atom. The van der Waals surface area contributed by atoms with Crippen LogP contribution in [0.15, 0.2) is 36.4 Å². The van der Waals surface area contributed by atoms with Crippen LogP contribution in [0, 0.1) is 6.92 Å². The number of hydrogen-bond donors (Lipinski definition) is 1. The average molecular weight is 331 g/mol. The number of rotatable bonds is 4. The minimum absolute atomic E-state index is 0.300. The number of nitrogens with zero attached hydrogens (tertiary/aromatic N) is 1. The van der Waals surface area contributed by atoms with Crippen molar-refractivity contribution in [2.24, 2.45) is 0 Å². The number of carbonyl (C=O) groups is 1. The molecule has 0 aliphatic carbocycles. The van der Waals surface area contributed by atoms with E-state index < -0.39 is 5.97 Å². The van der Waals surface area contributed by atoms with Crippen molar-refractivity contribution in [3.05, 3.63) is 47.0 Å². The van der Waals surface area contributed by atoms with Crippen LogP contribution in [-0.4, -0.2) is 23.2 Å². The highest BCUT2D eigenvalue weighted by Gasteiger charge is 2.16. The fraction of sp³-hybridized carbons (Fsp3) is 0.125. The van der Waals surface area contributed by atoms with Crippen molar-refractivity contribution in [1.29, 1.82) is 0 Å². The number of thiophene rings is 1. The lowest BCUT2D eigenvalue weighted by atomic mass is 10.2. The number of methoxy groups -OCH3 is 1. The Bertz CT molecular complexity index is 818. The highest BCUT2D eigenvalue weighted by Crippen LogP contribution is 2.37. The largest absolute Gasteiger partial charge is 0.497 e. The summed E-state index contributed by atoms with van der Waals surface area (Å²) in [5, 5.41) is 9.87. The number of aromatic nitrogens is 1. The maximum atomic E-state index is 11.1. The first-order valence-corrected chi connectivity index (χ1v) is 8.17. The van der Waals surface area contributed by atoms with E-state index in [-0.39, 0.29) is 0 Å². The zero-order valence-corrected chi connectivity index (χ0v) is 13.6. The van der Waals surface area contributed by atoms with E-state index in [1.807, 2.05) is 36.4 Å². The fourth-order valence-electron chi connectivity index (χ4n) is 2.06. The molecule has 0 radical (unpaired) electrons. The number of carboxylic acid groups (broad SMARTS) is 1. The van der Waals surface area contributed by atoms with E-state index in [1.54, 1.807) is 25.4 Å². The topological polar surface area (TPSA) is 59.4 Å². The standard InChI is InChI=1S/C16H13NO3S2/c1-9-14(16(18)19)22-15(17-9)13-8-7-12(21-13)10-3-5-11(20-2)6-4-10/h3-8H,1-2H3,(H,18,19). The molecule has 0 spiro atoms. The molecule has 6 heteroatoms. The van der Waals surface area contributed by atoms with Gasteiger partial charge in [0, 0.05) is 4.88 Å². The second kappa shape index (κ2) is 5.90. The van der Waals surface area contributed by atoms with Crippen LogP contribution in [0.25, 0.3) is 20.3 Å². The van der Waals surface area contributed by atoms with Crippen molar-refractivity contribution in [2.75, 3.05) is 7.11 Å². The van der Waals surface area contributed by atoms with Crippen molar-refractivity contribution in [2.45, 2.75) is 6.92 Å². The summed E-state index contributed by atoms with van der Waals surface area (Å²) in [6.45, 7) is 1.72. The molecule has 3 rings (SSSR count). The molecule has 2 heterocycles. The zero-order chi connectivity index (χ0) is 15.7. The van der Waals surface area contributed by atoms with Crippen molar-refractivity contribution in [3.8, 4) is 26.1 Å². The Morgan fingerprint density at radius 3 is 2.36 bits per heavy atom. The molecule has 0 aliphatic rings. The zero-order valence-electron chi connectivity index (χ0n) is 12.0. The lowest BCUT2D eigenvalue weighted by molar-refractivity contribution is 0.0701. The second-order valence-electron chi connectivity index (χ2n) is 4.63. The van der Waals surface area contributed by atoms with Gasteiger partial charge in [0.1, 0.15) is 15.6 Å². The number of aromatic carboxylic acids is 1. The van der Waals surface area contributed by atoms with Crippen LogP contribution in [0.5, 0.6) is 5.75 Å². The number of carboxylic acids is 1. The Hall–Kier alpha value is -2.18. The SMILES string of the molecule is COc1ccc(-c2ccc(-c3nc(C)c(C(=O)O)s3)s2)cc1. The molecule has 3 aromatic rings. The van der Waals surface area contributed by atoms with E-state index in [0.29, 0.717) is 10.6 Å².